The van der Waals surface area contributed by atoms with Crippen molar-refractivity contribution in [2.24, 2.45) is 0 Å². The second kappa shape index (κ2) is 3.15. The van der Waals surface area contributed by atoms with Crippen molar-refractivity contribution in [1.82, 2.24) is 0 Å². The molecule has 0 saturated heterocycles. The maximum Gasteiger partial charge on any atom is 0.335 e. The molecule has 1 radical (unpaired) electrons. The van der Waals surface area contributed by atoms with Crippen molar-refractivity contribution in [3.05, 3.63) is 29.8 Å². The molecule has 0 aliphatic rings. The minimum Gasteiger partial charge on any atom is -0.478 e. The summed E-state index contributed by atoms with van der Waals surface area (Å²) in [5.41, 5.74) is -0.241. The second-order valence-corrected chi connectivity index (χ2v) is 3.66. The standard InChI is InChI=1S/C7H5O5S/c8-7(9)5-2-1-3-6(4-5)13(10,11)12/h2-4H,(H,8,9)(H,10,11,12). The fourth-order valence-electron chi connectivity index (χ4n) is 0.723. The molecule has 0 saturated carbocycles. The van der Waals surface area contributed by atoms with E-state index in [2.05, 4.69) is 6.07 Å². The molecule has 0 heterocycles. The quantitative estimate of drug-likeness (QED) is 0.677. The highest BCUT2D eigenvalue weighted by atomic mass is 32.2. The Bertz CT molecular complexity index is 434. The molecule has 0 aliphatic carbocycles. The van der Waals surface area contributed by atoms with Crippen LogP contribution < -0.4 is 0 Å². The molecular weight excluding hydrogens is 196 g/mol. The van der Waals surface area contributed by atoms with Gasteiger partial charge < -0.3 is 5.11 Å². The molecule has 1 aromatic carbocycles. The van der Waals surface area contributed by atoms with E-state index in [0.29, 0.717) is 0 Å². The van der Waals surface area contributed by atoms with E-state index in [4.69, 9.17) is 9.66 Å². The summed E-state index contributed by atoms with van der Waals surface area (Å²) >= 11 is 0. The molecule has 69 valence electrons. The Kier molecular flexibility index (Phi) is 2.35. The lowest BCUT2D eigenvalue weighted by atomic mass is 10.2. The lowest BCUT2D eigenvalue weighted by Crippen LogP contribution is -2.02. The second-order valence-electron chi connectivity index (χ2n) is 2.24. The number of hydrogen-bond donors (Lipinski definition) is 2. The van der Waals surface area contributed by atoms with Crippen LogP contribution in [0.2, 0.25) is 0 Å². The van der Waals surface area contributed by atoms with Crippen LogP contribution in [0.5, 0.6) is 0 Å². The zero-order chi connectivity index (χ0) is 10.1. The number of aromatic carboxylic acids is 1. The van der Waals surface area contributed by atoms with Gasteiger partial charge in [0.25, 0.3) is 10.1 Å². The molecule has 1 rings (SSSR count). The number of rotatable bonds is 2. The van der Waals surface area contributed by atoms with Gasteiger partial charge in [-0.15, -0.1) is 0 Å². The zero-order valence-corrected chi connectivity index (χ0v) is 7.08. The Morgan fingerprint density at radius 2 is 2.00 bits per heavy atom. The number of hydrogen-bond acceptors (Lipinski definition) is 3. The van der Waals surface area contributed by atoms with E-state index < -0.39 is 21.0 Å². The molecule has 0 spiro atoms. The Labute approximate surface area is 74.4 Å². The summed E-state index contributed by atoms with van der Waals surface area (Å²) in [6.07, 6.45) is 0. The minimum absolute atomic E-state index is 0.241. The van der Waals surface area contributed by atoms with Gasteiger partial charge in [-0.3, -0.25) is 4.55 Å². The molecule has 2 N–H and O–H groups in total. The third-order valence-corrected chi connectivity index (χ3v) is 2.14. The van der Waals surface area contributed by atoms with E-state index >= 15 is 0 Å². The molecule has 0 fully saturated rings. The van der Waals surface area contributed by atoms with E-state index in [1.807, 2.05) is 0 Å². The van der Waals surface area contributed by atoms with Crippen molar-refractivity contribution in [2.45, 2.75) is 4.90 Å². The van der Waals surface area contributed by atoms with Gasteiger partial charge >= 0.3 is 5.97 Å². The first-order valence-corrected chi connectivity index (χ1v) is 4.57. The Morgan fingerprint density at radius 3 is 2.46 bits per heavy atom. The Balaban J connectivity index is 3.29. The van der Waals surface area contributed by atoms with Crippen LogP contribution in [-0.2, 0) is 10.1 Å². The topological polar surface area (TPSA) is 91.7 Å². The average molecular weight is 201 g/mol. The van der Waals surface area contributed by atoms with Gasteiger partial charge in [-0.2, -0.15) is 8.42 Å². The van der Waals surface area contributed by atoms with Crippen LogP contribution >= 0.6 is 0 Å². The Hall–Kier alpha value is -1.40. The van der Waals surface area contributed by atoms with Crippen LogP contribution in [0.3, 0.4) is 0 Å². The van der Waals surface area contributed by atoms with Crippen molar-refractivity contribution < 1.29 is 22.9 Å². The van der Waals surface area contributed by atoms with Crippen molar-refractivity contribution in [2.75, 3.05) is 0 Å². The van der Waals surface area contributed by atoms with E-state index in [9.17, 15) is 13.2 Å². The predicted molar refractivity (Wildman–Crippen MR) is 42.1 cm³/mol. The minimum atomic E-state index is -4.35. The SMILES string of the molecule is O=C(O)c1c[c]cc(S(=O)(=O)O)c1. The van der Waals surface area contributed by atoms with Crippen molar-refractivity contribution in [3.63, 3.8) is 0 Å². The van der Waals surface area contributed by atoms with Gasteiger partial charge in [0, 0.05) is 0 Å². The Morgan fingerprint density at radius 1 is 1.38 bits per heavy atom. The first kappa shape index (κ1) is 9.69. The van der Waals surface area contributed by atoms with Gasteiger partial charge in [-0.1, -0.05) is 0 Å². The largest absolute Gasteiger partial charge is 0.478 e. The summed E-state index contributed by atoms with van der Waals surface area (Å²) < 4.78 is 29.7. The maximum atomic E-state index is 10.6. The number of carboxylic acid groups (broad SMARTS) is 1. The summed E-state index contributed by atoms with van der Waals surface area (Å²) in [7, 11) is -4.35. The molecule has 0 amide bonds. The van der Waals surface area contributed by atoms with E-state index in [1.54, 1.807) is 0 Å². The van der Waals surface area contributed by atoms with Crippen LogP contribution in [-0.4, -0.2) is 24.0 Å². The normalized spacial score (nSPS) is 11.2. The number of carboxylic acids is 1. The van der Waals surface area contributed by atoms with Gasteiger partial charge in [-0.05, 0) is 24.3 Å². The molecule has 1 aromatic rings. The predicted octanol–water partition coefficient (Wildman–Crippen LogP) is 0.432. The number of benzene rings is 1. The molecular formula is C7H5O5S. The third-order valence-electron chi connectivity index (χ3n) is 1.31. The summed E-state index contributed by atoms with van der Waals surface area (Å²) in [6.45, 7) is 0. The van der Waals surface area contributed by atoms with Gasteiger partial charge in [0.1, 0.15) is 0 Å². The van der Waals surface area contributed by atoms with Crippen LogP contribution in [0.25, 0.3) is 0 Å². The van der Waals surface area contributed by atoms with Crippen LogP contribution in [0.15, 0.2) is 23.1 Å². The fraction of sp³-hybridized carbons (Fsp3) is 0. The summed E-state index contributed by atoms with van der Waals surface area (Å²) in [6, 6.07) is 5.25. The summed E-state index contributed by atoms with van der Waals surface area (Å²) in [5.74, 6) is -1.28. The monoisotopic (exact) mass is 201 g/mol. The summed E-state index contributed by atoms with van der Waals surface area (Å²) in [5, 5.41) is 8.48. The van der Waals surface area contributed by atoms with Gasteiger partial charge in [0.2, 0.25) is 0 Å². The molecule has 5 nitrogen and oxygen atoms in total. The fourth-order valence-corrected chi connectivity index (χ4v) is 1.22. The summed E-state index contributed by atoms with van der Waals surface area (Å²) in [4.78, 5) is 9.90. The lowest BCUT2D eigenvalue weighted by molar-refractivity contribution is 0.0696. The molecule has 6 heteroatoms. The van der Waals surface area contributed by atoms with Crippen LogP contribution in [0.1, 0.15) is 10.4 Å². The number of carbonyl (C=O) groups is 1. The van der Waals surface area contributed by atoms with Gasteiger partial charge in [0.05, 0.1) is 10.5 Å². The van der Waals surface area contributed by atoms with Crippen LogP contribution in [0.4, 0.5) is 0 Å². The highest BCUT2D eigenvalue weighted by Crippen LogP contribution is 2.10. The maximum absolute atomic E-state index is 10.6. The van der Waals surface area contributed by atoms with Gasteiger partial charge in [-0.25, -0.2) is 4.79 Å². The third kappa shape index (κ3) is 2.27. The zero-order valence-electron chi connectivity index (χ0n) is 6.26. The molecule has 0 unspecified atom stereocenters. The van der Waals surface area contributed by atoms with Gasteiger partial charge in [0.15, 0.2) is 0 Å². The highest BCUT2D eigenvalue weighted by molar-refractivity contribution is 7.85. The molecule has 0 aromatic heterocycles. The highest BCUT2D eigenvalue weighted by Gasteiger charge is 2.11. The van der Waals surface area contributed by atoms with E-state index in [0.717, 1.165) is 18.2 Å². The molecule has 0 bridgehead atoms. The van der Waals surface area contributed by atoms with E-state index in [1.165, 1.54) is 0 Å². The first-order chi connectivity index (χ1) is 5.91. The van der Waals surface area contributed by atoms with E-state index in [-0.39, 0.29) is 5.56 Å². The smallest absolute Gasteiger partial charge is 0.335 e. The van der Waals surface area contributed by atoms with Crippen molar-refractivity contribution in [3.8, 4) is 0 Å². The van der Waals surface area contributed by atoms with Crippen molar-refractivity contribution >= 4 is 16.1 Å². The average Bonchev–Trinajstić information content (AvgIpc) is 2.03. The lowest BCUT2D eigenvalue weighted by Gasteiger charge is -1.97. The molecule has 13 heavy (non-hydrogen) atoms. The van der Waals surface area contributed by atoms with Crippen molar-refractivity contribution in [1.29, 1.82) is 0 Å². The first-order valence-electron chi connectivity index (χ1n) is 3.13. The van der Waals surface area contributed by atoms with Crippen LogP contribution in [0, 0.1) is 6.07 Å². The molecule has 0 aliphatic heterocycles. The molecule has 0 atom stereocenters.